The average molecular weight is 520 g/mol. The van der Waals surface area contributed by atoms with Crippen LogP contribution in [0.25, 0.3) is 0 Å². The average Bonchev–Trinajstić information content (AvgIpc) is 3.51. The highest BCUT2D eigenvalue weighted by molar-refractivity contribution is 7.07. The Labute approximate surface area is 221 Å². The van der Waals surface area contributed by atoms with Crippen molar-refractivity contribution in [2.45, 2.75) is 56.8 Å². The van der Waals surface area contributed by atoms with E-state index in [1.165, 1.54) is 4.90 Å². The zero-order chi connectivity index (χ0) is 26.1. The normalized spacial score (nSPS) is 25.5. The lowest BCUT2D eigenvalue weighted by Crippen LogP contribution is -2.66. The maximum absolute atomic E-state index is 14.2. The van der Waals surface area contributed by atoms with E-state index < -0.39 is 24.0 Å². The number of piperazine rings is 1. The molecule has 1 aromatic carbocycles. The van der Waals surface area contributed by atoms with E-state index in [1.807, 2.05) is 53.2 Å². The number of fused-ring (bicyclic) bond motifs is 2. The molecule has 2 saturated heterocycles. The van der Waals surface area contributed by atoms with Gasteiger partial charge in [-0.05, 0) is 58.7 Å². The Morgan fingerprint density at radius 2 is 1.95 bits per heavy atom. The molecule has 3 amide bonds. The van der Waals surface area contributed by atoms with E-state index in [2.05, 4.69) is 19.1 Å². The third-order valence-corrected chi connectivity index (χ3v) is 8.53. The first-order chi connectivity index (χ1) is 17.8. The molecule has 2 bridgehead atoms. The van der Waals surface area contributed by atoms with Gasteiger partial charge >= 0.3 is 12.0 Å². The number of carboxylic acid groups (broad SMARTS) is 1. The van der Waals surface area contributed by atoms with E-state index in [0.717, 1.165) is 23.1 Å². The lowest BCUT2D eigenvalue weighted by molar-refractivity contribution is -0.156. The first kappa shape index (κ1) is 25.3. The molecule has 5 atom stereocenters. The second-order valence-electron chi connectivity index (χ2n) is 10.4. The number of allylic oxidation sites excluding steroid dienone is 3. The number of carboxylic acids is 1. The molecule has 0 spiro atoms. The van der Waals surface area contributed by atoms with Gasteiger partial charge in [0.15, 0.2) is 0 Å². The number of hydrogen-bond donors (Lipinski definition) is 1. The van der Waals surface area contributed by atoms with Gasteiger partial charge in [-0.2, -0.15) is 11.3 Å². The van der Waals surface area contributed by atoms with Crippen LogP contribution in [0.5, 0.6) is 0 Å². The number of benzene rings is 1. The van der Waals surface area contributed by atoms with Crippen LogP contribution in [-0.4, -0.2) is 69.4 Å². The summed E-state index contributed by atoms with van der Waals surface area (Å²) in [7, 11) is 1.75. The summed E-state index contributed by atoms with van der Waals surface area (Å²) in [6.07, 6.45) is 8.31. The molecular formula is C29H33N3O4S. The maximum Gasteiger partial charge on any atom is 0.328 e. The molecule has 37 heavy (non-hydrogen) atoms. The monoisotopic (exact) mass is 519 g/mol. The Morgan fingerprint density at radius 1 is 1.16 bits per heavy atom. The van der Waals surface area contributed by atoms with Crippen molar-refractivity contribution in [2.75, 3.05) is 13.6 Å². The quantitative estimate of drug-likeness (QED) is 0.598. The van der Waals surface area contributed by atoms with Crippen LogP contribution in [0.15, 0.2) is 71.0 Å². The minimum atomic E-state index is -1.08. The predicted octanol–water partition coefficient (Wildman–Crippen LogP) is 4.73. The van der Waals surface area contributed by atoms with Gasteiger partial charge < -0.3 is 19.8 Å². The Kier molecular flexibility index (Phi) is 7.20. The van der Waals surface area contributed by atoms with Crippen LogP contribution in [0.3, 0.4) is 0 Å². The Morgan fingerprint density at radius 3 is 2.59 bits per heavy atom. The zero-order valence-electron chi connectivity index (χ0n) is 21.2. The van der Waals surface area contributed by atoms with E-state index in [1.54, 1.807) is 28.2 Å². The van der Waals surface area contributed by atoms with E-state index in [-0.39, 0.29) is 24.5 Å². The first-order valence-corrected chi connectivity index (χ1v) is 13.8. The highest BCUT2D eigenvalue weighted by Crippen LogP contribution is 2.39. The zero-order valence-corrected chi connectivity index (χ0v) is 22.0. The van der Waals surface area contributed by atoms with Gasteiger partial charge in [0, 0.05) is 20.1 Å². The molecule has 2 aliphatic heterocycles. The molecule has 0 radical (unpaired) electrons. The highest BCUT2D eigenvalue weighted by atomic mass is 32.1. The van der Waals surface area contributed by atoms with Crippen molar-refractivity contribution >= 4 is 29.2 Å². The molecule has 5 rings (SSSR count). The summed E-state index contributed by atoms with van der Waals surface area (Å²) in [5.74, 6) is -1.45. The third-order valence-electron chi connectivity index (χ3n) is 7.79. The number of nitrogens with zero attached hydrogens (tertiary/aromatic N) is 3. The lowest BCUT2D eigenvalue weighted by atomic mass is 9.84. The number of thiophene rings is 1. The largest absolute Gasteiger partial charge is 0.480 e. The lowest BCUT2D eigenvalue weighted by Gasteiger charge is -2.47. The molecule has 2 fully saturated rings. The molecule has 1 N–H and O–H groups in total. The number of amides is 3. The van der Waals surface area contributed by atoms with Crippen LogP contribution in [0.2, 0.25) is 0 Å². The van der Waals surface area contributed by atoms with Gasteiger partial charge in [0.1, 0.15) is 6.04 Å². The third kappa shape index (κ3) is 4.94. The fourth-order valence-corrected chi connectivity index (χ4v) is 6.60. The van der Waals surface area contributed by atoms with E-state index in [0.29, 0.717) is 25.3 Å². The summed E-state index contributed by atoms with van der Waals surface area (Å²) >= 11 is 1.58. The molecule has 1 aromatic heterocycles. The number of carbonyl (C=O) groups is 3. The summed E-state index contributed by atoms with van der Waals surface area (Å²) in [6.45, 7) is 2.82. The van der Waals surface area contributed by atoms with Crippen LogP contribution in [-0.2, 0) is 16.1 Å². The SMILES string of the molecule is CC1C=CC(C(C(=O)N2C[C@@H]3CC[C@H]([C@H]2C(=O)O)N3C(=O)N(C)Cc2ccsc2)c2ccccc2)=CC1. The summed E-state index contributed by atoms with van der Waals surface area (Å²) in [4.78, 5) is 45.3. The molecule has 1 aliphatic carbocycles. The summed E-state index contributed by atoms with van der Waals surface area (Å²) < 4.78 is 0. The van der Waals surface area contributed by atoms with Crippen molar-refractivity contribution in [3.8, 4) is 0 Å². The molecule has 7 nitrogen and oxygen atoms in total. The fourth-order valence-electron chi connectivity index (χ4n) is 5.94. The van der Waals surface area contributed by atoms with E-state index in [9.17, 15) is 19.5 Å². The van der Waals surface area contributed by atoms with Crippen molar-refractivity contribution in [3.05, 3.63) is 82.1 Å². The molecule has 8 heteroatoms. The van der Waals surface area contributed by atoms with Gasteiger partial charge in [-0.15, -0.1) is 0 Å². The first-order valence-electron chi connectivity index (χ1n) is 12.9. The molecule has 194 valence electrons. The van der Waals surface area contributed by atoms with Crippen LogP contribution >= 0.6 is 11.3 Å². The Bertz CT molecular complexity index is 1210. The van der Waals surface area contributed by atoms with Crippen LogP contribution in [0.4, 0.5) is 4.79 Å². The molecule has 3 aliphatic rings. The van der Waals surface area contributed by atoms with Crippen LogP contribution < -0.4 is 0 Å². The number of aliphatic carboxylic acids is 1. The smallest absolute Gasteiger partial charge is 0.328 e. The van der Waals surface area contributed by atoms with Crippen LogP contribution in [0, 0.1) is 5.92 Å². The maximum atomic E-state index is 14.2. The van der Waals surface area contributed by atoms with Crippen molar-refractivity contribution in [1.82, 2.24) is 14.7 Å². The number of likely N-dealkylation sites (tertiary alicyclic amines) is 1. The number of urea groups is 1. The van der Waals surface area contributed by atoms with Gasteiger partial charge in [-0.25, -0.2) is 9.59 Å². The summed E-state index contributed by atoms with van der Waals surface area (Å²) in [5, 5.41) is 14.3. The highest BCUT2D eigenvalue weighted by Gasteiger charge is 2.54. The molecule has 2 aromatic rings. The summed E-state index contributed by atoms with van der Waals surface area (Å²) in [5.41, 5.74) is 2.80. The van der Waals surface area contributed by atoms with Gasteiger partial charge in [-0.1, -0.05) is 55.5 Å². The fraction of sp³-hybridized carbons (Fsp3) is 0.414. The van der Waals surface area contributed by atoms with Gasteiger partial charge in [0.05, 0.1) is 18.0 Å². The summed E-state index contributed by atoms with van der Waals surface area (Å²) in [6, 6.07) is 9.56. The predicted molar refractivity (Wildman–Crippen MR) is 143 cm³/mol. The molecule has 3 heterocycles. The van der Waals surface area contributed by atoms with Gasteiger partial charge in [0.2, 0.25) is 5.91 Å². The molecule has 0 saturated carbocycles. The number of rotatable bonds is 6. The van der Waals surface area contributed by atoms with Crippen molar-refractivity contribution in [3.63, 3.8) is 0 Å². The number of hydrogen-bond acceptors (Lipinski definition) is 4. The Hall–Kier alpha value is -3.39. The van der Waals surface area contributed by atoms with Crippen LogP contribution in [0.1, 0.15) is 43.2 Å². The van der Waals surface area contributed by atoms with Crippen molar-refractivity contribution in [2.24, 2.45) is 5.92 Å². The topological polar surface area (TPSA) is 81.2 Å². The Balaban J connectivity index is 1.43. The molecular weight excluding hydrogens is 486 g/mol. The van der Waals surface area contributed by atoms with E-state index >= 15 is 0 Å². The second kappa shape index (κ2) is 10.5. The second-order valence-corrected chi connectivity index (χ2v) is 11.1. The van der Waals surface area contributed by atoms with Gasteiger partial charge in [-0.3, -0.25) is 4.79 Å². The van der Waals surface area contributed by atoms with Gasteiger partial charge in [0.25, 0.3) is 0 Å². The van der Waals surface area contributed by atoms with Crippen molar-refractivity contribution < 1.29 is 19.5 Å². The minimum absolute atomic E-state index is 0.177. The minimum Gasteiger partial charge on any atom is -0.480 e. The molecule has 2 unspecified atom stereocenters. The standard InChI is InChI=1S/C29H33N3O4S/c1-19-8-10-22(11-9-19)25(21-6-4-3-5-7-21)27(33)31-17-23-12-13-24(26(31)28(34)35)32(23)29(36)30(2)16-20-14-15-37-18-20/h3-8,10-11,14-15,18-19,23-26H,9,12-13,16-17H2,1-2H3,(H,34,35)/t19?,23-,24+,25?,26-/m0/s1. The van der Waals surface area contributed by atoms with Crippen molar-refractivity contribution in [1.29, 1.82) is 0 Å². The number of carbonyl (C=O) groups excluding carboxylic acids is 2. The van der Waals surface area contributed by atoms with E-state index in [4.69, 9.17) is 0 Å².